The van der Waals surface area contributed by atoms with Crippen molar-refractivity contribution >= 4 is 0 Å². The van der Waals surface area contributed by atoms with Gasteiger partial charge in [-0.05, 0) is 36.6 Å². The topological polar surface area (TPSA) is 90.2 Å². The number of para-hydroxylation sites is 1. The van der Waals surface area contributed by atoms with Crippen molar-refractivity contribution in [2.24, 2.45) is 0 Å². The van der Waals surface area contributed by atoms with Gasteiger partial charge in [0.15, 0.2) is 23.0 Å². The summed E-state index contributed by atoms with van der Waals surface area (Å²) in [6.07, 6.45) is 1.11. The van der Waals surface area contributed by atoms with Gasteiger partial charge in [0.2, 0.25) is 0 Å². The maximum Gasteiger partial charge on any atom is 0.160 e. The number of hydrogen-bond donors (Lipinski definition) is 4. The summed E-state index contributed by atoms with van der Waals surface area (Å²) in [6.45, 7) is 0.880. The molecule has 0 heterocycles. The van der Waals surface area contributed by atoms with Crippen LogP contribution in [0.2, 0.25) is 0 Å². The van der Waals surface area contributed by atoms with E-state index in [2.05, 4.69) is 0 Å². The maximum atomic E-state index is 9.63. The monoisotopic (exact) mass is 290 g/mol. The first-order valence-corrected chi connectivity index (χ1v) is 6.66. The van der Waals surface area contributed by atoms with Crippen molar-refractivity contribution in [3.63, 3.8) is 0 Å². The van der Waals surface area contributed by atoms with E-state index in [-0.39, 0.29) is 23.0 Å². The molecule has 5 nitrogen and oxygen atoms in total. The molecule has 0 aliphatic rings. The Kier molecular flexibility index (Phi) is 4.90. The molecule has 4 N–H and O–H groups in total. The van der Waals surface area contributed by atoms with Crippen molar-refractivity contribution in [2.45, 2.75) is 12.8 Å². The molecule has 0 spiro atoms. The van der Waals surface area contributed by atoms with Crippen molar-refractivity contribution in [2.75, 3.05) is 13.2 Å². The summed E-state index contributed by atoms with van der Waals surface area (Å²) in [4.78, 5) is 0. The number of rotatable bonds is 6. The summed E-state index contributed by atoms with van der Waals surface area (Å²) in [6, 6.07) is 9.49. The zero-order valence-electron chi connectivity index (χ0n) is 11.5. The summed E-state index contributed by atoms with van der Waals surface area (Å²) < 4.78 is 5.47. The predicted molar refractivity (Wildman–Crippen MR) is 77.8 cm³/mol. The molecule has 0 fully saturated rings. The van der Waals surface area contributed by atoms with E-state index in [0.717, 1.165) is 5.56 Å². The van der Waals surface area contributed by atoms with Gasteiger partial charge in [0, 0.05) is 5.56 Å². The van der Waals surface area contributed by atoms with Crippen LogP contribution in [0.15, 0.2) is 36.4 Å². The van der Waals surface area contributed by atoms with Crippen molar-refractivity contribution < 1.29 is 25.2 Å². The molecule has 21 heavy (non-hydrogen) atoms. The maximum absolute atomic E-state index is 9.63. The highest BCUT2D eigenvalue weighted by atomic mass is 16.5. The normalized spacial score (nSPS) is 10.7. The Balaban J connectivity index is 1.75. The van der Waals surface area contributed by atoms with Crippen molar-refractivity contribution in [3.8, 4) is 23.0 Å². The number of aromatic hydroxyl groups is 4. The summed E-state index contributed by atoms with van der Waals surface area (Å²) >= 11 is 0. The molecule has 0 amide bonds. The highest BCUT2D eigenvalue weighted by molar-refractivity contribution is 5.44. The predicted octanol–water partition coefficient (Wildman–Crippen LogP) is 2.31. The minimum atomic E-state index is -0.141. The first-order valence-electron chi connectivity index (χ1n) is 6.66. The van der Waals surface area contributed by atoms with Crippen LogP contribution in [0.25, 0.3) is 0 Å². The molecule has 0 saturated carbocycles. The van der Waals surface area contributed by atoms with E-state index in [1.807, 2.05) is 0 Å². The van der Waals surface area contributed by atoms with Gasteiger partial charge < -0.3 is 25.2 Å². The molecular formula is C16H18O5. The zero-order valence-corrected chi connectivity index (χ0v) is 11.5. The number of phenolic OH excluding ortho intramolecular Hbond substituents is 4. The lowest BCUT2D eigenvalue weighted by Crippen LogP contribution is -2.03. The van der Waals surface area contributed by atoms with E-state index in [0.29, 0.717) is 31.6 Å². The Bertz CT molecular complexity index is 610. The lowest BCUT2D eigenvalue weighted by atomic mass is 10.1. The number of hydrogen-bond acceptors (Lipinski definition) is 5. The summed E-state index contributed by atoms with van der Waals surface area (Å²) in [5.74, 6) is -0.521. The number of ether oxygens (including phenoxy) is 1. The lowest BCUT2D eigenvalue weighted by Gasteiger charge is -2.07. The van der Waals surface area contributed by atoms with Crippen LogP contribution in [0.1, 0.15) is 11.1 Å². The van der Waals surface area contributed by atoms with Crippen LogP contribution < -0.4 is 0 Å². The van der Waals surface area contributed by atoms with Gasteiger partial charge >= 0.3 is 0 Å². The van der Waals surface area contributed by atoms with E-state index >= 15 is 0 Å². The molecule has 2 aromatic rings. The highest BCUT2D eigenvalue weighted by Gasteiger charge is 2.05. The van der Waals surface area contributed by atoms with Crippen LogP contribution in [-0.4, -0.2) is 33.6 Å². The van der Waals surface area contributed by atoms with Crippen molar-refractivity contribution in [3.05, 3.63) is 47.5 Å². The Hall–Kier alpha value is -2.40. The second kappa shape index (κ2) is 6.85. The third kappa shape index (κ3) is 4.03. The van der Waals surface area contributed by atoms with Crippen LogP contribution >= 0.6 is 0 Å². The second-order valence-electron chi connectivity index (χ2n) is 4.72. The lowest BCUT2D eigenvalue weighted by molar-refractivity contribution is 0.139. The number of benzene rings is 2. The van der Waals surface area contributed by atoms with E-state index < -0.39 is 0 Å². The van der Waals surface area contributed by atoms with E-state index in [1.54, 1.807) is 18.2 Å². The van der Waals surface area contributed by atoms with Gasteiger partial charge in [-0.2, -0.15) is 0 Å². The van der Waals surface area contributed by atoms with Gasteiger partial charge in [0.1, 0.15) is 0 Å². The molecule has 5 heteroatoms. The Morgan fingerprint density at radius 1 is 0.762 bits per heavy atom. The molecule has 0 aliphatic carbocycles. The van der Waals surface area contributed by atoms with Gasteiger partial charge in [-0.25, -0.2) is 0 Å². The van der Waals surface area contributed by atoms with Gasteiger partial charge in [0.05, 0.1) is 13.2 Å². The van der Waals surface area contributed by atoms with Gasteiger partial charge in [-0.3, -0.25) is 0 Å². The van der Waals surface area contributed by atoms with Gasteiger partial charge in [0.25, 0.3) is 0 Å². The molecule has 0 saturated heterocycles. The van der Waals surface area contributed by atoms with Gasteiger partial charge in [-0.1, -0.05) is 18.2 Å². The van der Waals surface area contributed by atoms with Crippen LogP contribution in [0, 0.1) is 0 Å². The minimum Gasteiger partial charge on any atom is -0.504 e. The van der Waals surface area contributed by atoms with Crippen LogP contribution in [0.4, 0.5) is 0 Å². The van der Waals surface area contributed by atoms with E-state index in [9.17, 15) is 20.4 Å². The minimum absolute atomic E-state index is 0.107. The fourth-order valence-electron chi connectivity index (χ4n) is 1.98. The summed E-state index contributed by atoms with van der Waals surface area (Å²) in [5, 5.41) is 37.6. The quantitative estimate of drug-likeness (QED) is 0.484. The van der Waals surface area contributed by atoms with Crippen LogP contribution in [-0.2, 0) is 17.6 Å². The standard InChI is InChI=1S/C16H18O5/c17-13-5-4-11(10-15(13)19)6-8-21-9-7-12-2-1-3-14(18)16(12)20/h1-5,10,17-20H,6-9H2. The largest absolute Gasteiger partial charge is 0.504 e. The first-order chi connectivity index (χ1) is 10.1. The molecule has 0 radical (unpaired) electrons. The molecule has 112 valence electrons. The Morgan fingerprint density at radius 2 is 1.52 bits per heavy atom. The molecule has 2 rings (SSSR count). The smallest absolute Gasteiger partial charge is 0.160 e. The van der Waals surface area contributed by atoms with Crippen molar-refractivity contribution in [1.29, 1.82) is 0 Å². The third-order valence-corrected chi connectivity index (χ3v) is 3.19. The summed E-state index contributed by atoms with van der Waals surface area (Å²) in [5.41, 5.74) is 1.50. The highest BCUT2D eigenvalue weighted by Crippen LogP contribution is 2.28. The molecule has 0 unspecified atom stereocenters. The number of phenols is 4. The zero-order chi connectivity index (χ0) is 15.2. The fourth-order valence-corrected chi connectivity index (χ4v) is 1.98. The summed E-state index contributed by atoms with van der Waals surface area (Å²) in [7, 11) is 0. The molecule has 0 aliphatic heterocycles. The van der Waals surface area contributed by atoms with Crippen LogP contribution in [0.3, 0.4) is 0 Å². The SMILES string of the molecule is Oc1ccc(CCOCCc2cccc(O)c2O)cc1O. The molecule has 0 aromatic heterocycles. The average molecular weight is 290 g/mol. The molecule has 2 aromatic carbocycles. The van der Waals surface area contributed by atoms with Crippen molar-refractivity contribution in [1.82, 2.24) is 0 Å². The Labute approximate surface area is 122 Å². The van der Waals surface area contributed by atoms with Crippen LogP contribution in [0.5, 0.6) is 23.0 Å². The average Bonchev–Trinajstić information content (AvgIpc) is 2.46. The molecule has 0 bridgehead atoms. The van der Waals surface area contributed by atoms with E-state index in [4.69, 9.17) is 4.74 Å². The van der Waals surface area contributed by atoms with E-state index in [1.165, 1.54) is 18.2 Å². The Morgan fingerprint density at radius 3 is 2.29 bits per heavy atom. The van der Waals surface area contributed by atoms with Gasteiger partial charge in [-0.15, -0.1) is 0 Å². The molecular weight excluding hydrogens is 272 g/mol. The molecule has 0 atom stereocenters. The third-order valence-electron chi connectivity index (χ3n) is 3.19. The second-order valence-corrected chi connectivity index (χ2v) is 4.72. The first kappa shape index (κ1) is 15.0. The fraction of sp³-hybridized carbons (Fsp3) is 0.250.